The zero-order chi connectivity index (χ0) is 16.2. The van der Waals surface area contributed by atoms with Gasteiger partial charge in [-0.25, -0.2) is 0 Å². The van der Waals surface area contributed by atoms with E-state index < -0.39 is 0 Å². The standard InChI is InChI=1S/C16H26N4O3/c1-12-4-3-5-13(8-12)23-10-15(21)20-6-7-22-14(9-20)16-18-17-11-19(16)2/h11-14H,3-10H2,1-2H3/t12-,13+,14+/m1/s1. The van der Waals surface area contributed by atoms with Gasteiger partial charge in [-0.05, 0) is 18.8 Å². The number of rotatable bonds is 4. The van der Waals surface area contributed by atoms with E-state index in [4.69, 9.17) is 9.47 Å². The van der Waals surface area contributed by atoms with Crippen molar-refractivity contribution in [2.75, 3.05) is 26.3 Å². The molecular formula is C16H26N4O3. The van der Waals surface area contributed by atoms with Crippen molar-refractivity contribution in [2.24, 2.45) is 13.0 Å². The summed E-state index contributed by atoms with van der Waals surface area (Å²) in [7, 11) is 1.88. The highest BCUT2D eigenvalue weighted by molar-refractivity contribution is 5.77. The summed E-state index contributed by atoms with van der Waals surface area (Å²) in [6.07, 6.45) is 6.28. The molecule has 0 bridgehead atoms. The number of aromatic nitrogens is 3. The van der Waals surface area contributed by atoms with Gasteiger partial charge in [-0.2, -0.15) is 0 Å². The molecule has 2 aliphatic rings. The van der Waals surface area contributed by atoms with Crippen molar-refractivity contribution in [1.82, 2.24) is 19.7 Å². The molecule has 0 spiro atoms. The van der Waals surface area contributed by atoms with E-state index in [1.54, 1.807) is 6.33 Å². The predicted octanol–water partition coefficient (Wildman–Crippen LogP) is 1.31. The molecule has 0 radical (unpaired) electrons. The van der Waals surface area contributed by atoms with Gasteiger partial charge in [-0.15, -0.1) is 10.2 Å². The summed E-state index contributed by atoms with van der Waals surface area (Å²) in [4.78, 5) is 14.2. The second-order valence-electron chi connectivity index (χ2n) is 6.70. The Balaban J connectivity index is 1.50. The highest BCUT2D eigenvalue weighted by Gasteiger charge is 2.29. The van der Waals surface area contributed by atoms with E-state index in [-0.39, 0.29) is 24.7 Å². The number of morpholine rings is 1. The van der Waals surface area contributed by atoms with Gasteiger partial charge in [0.25, 0.3) is 0 Å². The number of carbonyl (C=O) groups excluding carboxylic acids is 1. The largest absolute Gasteiger partial charge is 0.368 e. The normalized spacial score (nSPS) is 28.8. The predicted molar refractivity (Wildman–Crippen MR) is 83.6 cm³/mol. The monoisotopic (exact) mass is 322 g/mol. The van der Waals surface area contributed by atoms with Gasteiger partial charge >= 0.3 is 0 Å². The average Bonchev–Trinajstić information content (AvgIpc) is 2.99. The Morgan fingerprint density at radius 3 is 3.09 bits per heavy atom. The van der Waals surface area contributed by atoms with Crippen LogP contribution in [-0.4, -0.2) is 58.0 Å². The number of hydrogen-bond donors (Lipinski definition) is 0. The summed E-state index contributed by atoms with van der Waals surface area (Å²) in [5.41, 5.74) is 0. The van der Waals surface area contributed by atoms with E-state index >= 15 is 0 Å². The molecule has 2 fully saturated rings. The molecule has 1 amide bonds. The van der Waals surface area contributed by atoms with Crippen LogP contribution in [0.3, 0.4) is 0 Å². The lowest BCUT2D eigenvalue weighted by atomic mass is 9.89. The SMILES string of the molecule is C[C@@H]1CCC[C@H](OCC(=O)N2CCO[C@H](c3nncn3C)C2)C1. The maximum Gasteiger partial charge on any atom is 0.248 e. The topological polar surface area (TPSA) is 69.5 Å². The van der Waals surface area contributed by atoms with Crippen LogP contribution in [0.2, 0.25) is 0 Å². The fourth-order valence-corrected chi connectivity index (χ4v) is 3.43. The van der Waals surface area contributed by atoms with Crippen LogP contribution < -0.4 is 0 Å². The van der Waals surface area contributed by atoms with Crippen LogP contribution in [0.5, 0.6) is 0 Å². The second-order valence-corrected chi connectivity index (χ2v) is 6.70. The van der Waals surface area contributed by atoms with Crippen molar-refractivity contribution in [3.8, 4) is 0 Å². The lowest BCUT2D eigenvalue weighted by molar-refractivity contribution is -0.147. The molecule has 1 saturated carbocycles. The Hall–Kier alpha value is -1.47. The summed E-state index contributed by atoms with van der Waals surface area (Å²) in [5, 5.41) is 7.96. The van der Waals surface area contributed by atoms with E-state index in [0.29, 0.717) is 25.6 Å². The van der Waals surface area contributed by atoms with E-state index in [1.165, 1.54) is 12.8 Å². The molecule has 0 unspecified atom stereocenters. The summed E-state index contributed by atoms with van der Waals surface area (Å²) in [6.45, 7) is 4.06. The van der Waals surface area contributed by atoms with E-state index in [0.717, 1.165) is 18.7 Å². The molecule has 2 heterocycles. The summed E-state index contributed by atoms with van der Waals surface area (Å²) in [6, 6.07) is 0. The van der Waals surface area contributed by atoms with Gasteiger partial charge in [0, 0.05) is 13.6 Å². The first-order valence-corrected chi connectivity index (χ1v) is 8.48. The molecule has 128 valence electrons. The summed E-state index contributed by atoms with van der Waals surface area (Å²) in [5.74, 6) is 1.50. The number of carbonyl (C=O) groups is 1. The first-order valence-electron chi connectivity index (χ1n) is 8.48. The lowest BCUT2D eigenvalue weighted by Gasteiger charge is -2.33. The molecule has 7 heteroatoms. The fraction of sp³-hybridized carbons (Fsp3) is 0.812. The van der Waals surface area contributed by atoms with E-state index in [1.807, 2.05) is 16.5 Å². The van der Waals surface area contributed by atoms with Crippen LogP contribution in [0.25, 0.3) is 0 Å². The van der Waals surface area contributed by atoms with E-state index in [2.05, 4.69) is 17.1 Å². The average molecular weight is 322 g/mol. The fourth-order valence-electron chi connectivity index (χ4n) is 3.43. The Morgan fingerprint density at radius 1 is 1.48 bits per heavy atom. The summed E-state index contributed by atoms with van der Waals surface area (Å²) >= 11 is 0. The lowest BCUT2D eigenvalue weighted by Crippen LogP contribution is -2.44. The maximum absolute atomic E-state index is 12.4. The quantitative estimate of drug-likeness (QED) is 0.836. The molecular weight excluding hydrogens is 296 g/mol. The van der Waals surface area contributed by atoms with Crippen molar-refractivity contribution in [3.63, 3.8) is 0 Å². The minimum absolute atomic E-state index is 0.0405. The van der Waals surface area contributed by atoms with Crippen molar-refractivity contribution >= 4 is 5.91 Å². The molecule has 1 aromatic rings. The van der Waals surface area contributed by atoms with Gasteiger partial charge in [0.05, 0.1) is 19.3 Å². The van der Waals surface area contributed by atoms with Crippen LogP contribution >= 0.6 is 0 Å². The van der Waals surface area contributed by atoms with Crippen molar-refractivity contribution in [3.05, 3.63) is 12.2 Å². The van der Waals surface area contributed by atoms with Crippen LogP contribution in [0.4, 0.5) is 0 Å². The minimum atomic E-state index is -0.213. The molecule has 3 rings (SSSR count). The molecule has 1 aromatic heterocycles. The third-order valence-electron chi connectivity index (χ3n) is 4.78. The number of nitrogens with zero attached hydrogens (tertiary/aromatic N) is 4. The molecule has 1 saturated heterocycles. The first kappa shape index (κ1) is 16.4. The first-order chi connectivity index (χ1) is 11.1. The zero-order valence-electron chi connectivity index (χ0n) is 14.0. The molecule has 0 aromatic carbocycles. The van der Waals surface area contributed by atoms with Gasteiger partial charge in [0.2, 0.25) is 5.91 Å². The van der Waals surface area contributed by atoms with E-state index in [9.17, 15) is 4.79 Å². The summed E-state index contributed by atoms with van der Waals surface area (Å²) < 4.78 is 13.4. The highest BCUT2D eigenvalue weighted by atomic mass is 16.5. The Bertz CT molecular complexity index is 533. The Kier molecular flexibility index (Phi) is 5.27. The molecule has 23 heavy (non-hydrogen) atoms. The number of ether oxygens (including phenoxy) is 2. The zero-order valence-corrected chi connectivity index (χ0v) is 14.0. The molecule has 1 aliphatic heterocycles. The van der Waals surface area contributed by atoms with Gasteiger partial charge in [-0.3, -0.25) is 4.79 Å². The van der Waals surface area contributed by atoms with Crippen molar-refractivity contribution in [1.29, 1.82) is 0 Å². The smallest absolute Gasteiger partial charge is 0.248 e. The molecule has 7 nitrogen and oxygen atoms in total. The number of amides is 1. The van der Waals surface area contributed by atoms with Crippen molar-refractivity contribution in [2.45, 2.75) is 44.8 Å². The molecule has 1 aliphatic carbocycles. The number of hydrogen-bond acceptors (Lipinski definition) is 5. The van der Waals surface area contributed by atoms with Crippen LogP contribution in [0.1, 0.15) is 44.5 Å². The van der Waals surface area contributed by atoms with Gasteiger partial charge < -0.3 is 18.9 Å². The Labute approximate surface area is 137 Å². The second kappa shape index (κ2) is 7.40. The molecule has 0 N–H and O–H groups in total. The number of aryl methyl sites for hydroxylation is 1. The third kappa shape index (κ3) is 4.09. The maximum atomic E-state index is 12.4. The van der Waals surface area contributed by atoms with Crippen LogP contribution in [0.15, 0.2) is 6.33 Å². The van der Waals surface area contributed by atoms with Crippen LogP contribution in [-0.2, 0) is 21.3 Å². The third-order valence-corrected chi connectivity index (χ3v) is 4.78. The van der Waals surface area contributed by atoms with Crippen LogP contribution in [0, 0.1) is 5.92 Å². The van der Waals surface area contributed by atoms with Gasteiger partial charge in [-0.1, -0.05) is 19.8 Å². The minimum Gasteiger partial charge on any atom is -0.368 e. The Morgan fingerprint density at radius 2 is 2.35 bits per heavy atom. The molecule has 3 atom stereocenters. The highest BCUT2D eigenvalue weighted by Crippen LogP contribution is 2.26. The van der Waals surface area contributed by atoms with Crippen molar-refractivity contribution < 1.29 is 14.3 Å². The van der Waals surface area contributed by atoms with Gasteiger partial charge in [0.1, 0.15) is 19.0 Å². The van der Waals surface area contributed by atoms with Gasteiger partial charge in [0.15, 0.2) is 5.82 Å².